The minimum absolute atomic E-state index is 0.397. The van der Waals surface area contributed by atoms with Crippen LogP contribution in [0.4, 0.5) is 0 Å². The fraction of sp³-hybridized carbons (Fsp3) is 0.786. The average Bonchev–Trinajstić information content (AvgIpc) is 2.69. The third kappa shape index (κ3) is 3.33. The van der Waals surface area contributed by atoms with Crippen LogP contribution in [0.1, 0.15) is 49.6 Å². The van der Waals surface area contributed by atoms with Gasteiger partial charge in [0, 0.05) is 11.6 Å². The van der Waals surface area contributed by atoms with Crippen LogP contribution in [0.15, 0.2) is 4.52 Å². The van der Waals surface area contributed by atoms with Crippen LogP contribution in [0.5, 0.6) is 0 Å². The monoisotopic (exact) mass is 252 g/mol. The fourth-order valence-electron chi connectivity index (χ4n) is 2.63. The zero-order valence-electron chi connectivity index (χ0n) is 11.7. The molecule has 1 saturated carbocycles. The Morgan fingerprint density at radius 3 is 2.56 bits per heavy atom. The molecule has 0 bridgehead atoms. The second kappa shape index (κ2) is 6.34. The van der Waals surface area contributed by atoms with E-state index in [-0.39, 0.29) is 0 Å². The van der Waals surface area contributed by atoms with Crippen molar-refractivity contribution in [1.29, 1.82) is 0 Å². The molecule has 0 aliphatic heterocycles. The molecule has 1 fully saturated rings. The Morgan fingerprint density at radius 2 is 2.00 bits per heavy atom. The summed E-state index contributed by atoms with van der Waals surface area (Å²) in [5.74, 6) is 0.883. The smallest absolute Gasteiger partial charge is 0.139 e. The summed E-state index contributed by atoms with van der Waals surface area (Å²) in [5.41, 5.74) is 2.07. The molecule has 1 aromatic heterocycles. The van der Waals surface area contributed by atoms with Gasteiger partial charge in [0.1, 0.15) is 5.76 Å². The molecule has 2 rings (SSSR count). The molecule has 1 aromatic rings. The summed E-state index contributed by atoms with van der Waals surface area (Å²) in [6, 6.07) is 0.689. The minimum Gasteiger partial charge on any atom is -0.373 e. The molecule has 102 valence electrons. The Hall–Kier alpha value is -0.870. The highest BCUT2D eigenvalue weighted by Gasteiger charge is 2.21. The minimum atomic E-state index is 0.397. The lowest BCUT2D eigenvalue weighted by molar-refractivity contribution is 0.0108. The van der Waals surface area contributed by atoms with Crippen molar-refractivity contribution in [2.45, 2.75) is 65.2 Å². The van der Waals surface area contributed by atoms with E-state index in [4.69, 9.17) is 9.26 Å². The van der Waals surface area contributed by atoms with E-state index in [1.165, 1.54) is 12.8 Å². The third-order valence-corrected chi connectivity index (χ3v) is 3.81. The maximum absolute atomic E-state index is 5.99. The number of hydrogen-bond donors (Lipinski definition) is 1. The van der Waals surface area contributed by atoms with Crippen LogP contribution < -0.4 is 5.32 Å². The van der Waals surface area contributed by atoms with Crippen LogP contribution in [0, 0.1) is 13.8 Å². The van der Waals surface area contributed by atoms with Gasteiger partial charge in [-0.3, -0.25) is 0 Å². The van der Waals surface area contributed by atoms with Crippen molar-refractivity contribution in [3.8, 4) is 0 Å². The van der Waals surface area contributed by atoms with Gasteiger partial charge in [-0.05, 0) is 46.1 Å². The van der Waals surface area contributed by atoms with Gasteiger partial charge in [-0.15, -0.1) is 0 Å². The maximum atomic E-state index is 5.99. The lowest BCUT2D eigenvalue weighted by Crippen LogP contribution is -2.35. The number of ether oxygens (including phenoxy) is 1. The van der Waals surface area contributed by atoms with Gasteiger partial charge in [0.05, 0.1) is 18.4 Å². The van der Waals surface area contributed by atoms with Crippen molar-refractivity contribution in [2.24, 2.45) is 0 Å². The first-order valence-corrected chi connectivity index (χ1v) is 6.97. The van der Waals surface area contributed by atoms with E-state index >= 15 is 0 Å². The Balaban J connectivity index is 1.76. The summed E-state index contributed by atoms with van der Waals surface area (Å²) in [6.45, 7) is 7.78. The quantitative estimate of drug-likeness (QED) is 0.875. The standard InChI is InChI=1S/C14H24N2O2/c1-4-15-12-5-7-13(8-6-12)17-9-14-10(2)16-18-11(14)3/h12-13,15H,4-9H2,1-3H3. The Morgan fingerprint density at radius 1 is 1.28 bits per heavy atom. The molecule has 0 spiro atoms. The molecule has 4 nitrogen and oxygen atoms in total. The molecule has 0 unspecified atom stereocenters. The van der Waals surface area contributed by atoms with Gasteiger partial charge < -0.3 is 14.6 Å². The van der Waals surface area contributed by atoms with Crippen molar-refractivity contribution >= 4 is 0 Å². The molecule has 0 amide bonds. The largest absolute Gasteiger partial charge is 0.373 e. The predicted octanol–water partition coefficient (Wildman–Crippen LogP) is 2.73. The van der Waals surface area contributed by atoms with E-state index in [0.717, 1.165) is 36.4 Å². The Kier molecular flexibility index (Phi) is 4.78. The second-order valence-electron chi connectivity index (χ2n) is 5.15. The highest BCUT2D eigenvalue weighted by atomic mass is 16.5. The molecular weight excluding hydrogens is 228 g/mol. The van der Waals surface area contributed by atoms with Crippen molar-refractivity contribution < 1.29 is 9.26 Å². The number of hydrogen-bond acceptors (Lipinski definition) is 4. The first-order valence-electron chi connectivity index (χ1n) is 6.97. The molecule has 0 atom stereocenters. The van der Waals surface area contributed by atoms with E-state index in [1.54, 1.807) is 0 Å². The van der Waals surface area contributed by atoms with Gasteiger partial charge in [-0.1, -0.05) is 12.1 Å². The molecule has 0 radical (unpaired) electrons. The van der Waals surface area contributed by atoms with E-state index in [1.807, 2.05) is 13.8 Å². The van der Waals surface area contributed by atoms with Crippen LogP contribution in [0.2, 0.25) is 0 Å². The highest BCUT2D eigenvalue weighted by Crippen LogP contribution is 2.23. The van der Waals surface area contributed by atoms with Gasteiger partial charge in [0.2, 0.25) is 0 Å². The Bertz CT molecular complexity index is 348. The van der Waals surface area contributed by atoms with Gasteiger partial charge in [-0.25, -0.2) is 0 Å². The number of aromatic nitrogens is 1. The number of aryl methyl sites for hydroxylation is 2. The number of nitrogens with zero attached hydrogens (tertiary/aromatic N) is 1. The summed E-state index contributed by atoms with van der Waals surface area (Å²) in [5, 5.41) is 7.46. The normalized spacial score (nSPS) is 24.4. The van der Waals surface area contributed by atoms with Crippen molar-refractivity contribution in [3.63, 3.8) is 0 Å². The van der Waals surface area contributed by atoms with E-state index in [9.17, 15) is 0 Å². The molecule has 0 saturated heterocycles. The molecule has 18 heavy (non-hydrogen) atoms. The van der Waals surface area contributed by atoms with Gasteiger partial charge in [0.15, 0.2) is 0 Å². The zero-order chi connectivity index (χ0) is 13.0. The maximum Gasteiger partial charge on any atom is 0.139 e. The topological polar surface area (TPSA) is 47.3 Å². The predicted molar refractivity (Wildman–Crippen MR) is 70.5 cm³/mol. The van der Waals surface area contributed by atoms with Crippen LogP contribution in [-0.2, 0) is 11.3 Å². The van der Waals surface area contributed by atoms with E-state index in [2.05, 4.69) is 17.4 Å². The Labute approximate surface area is 109 Å². The van der Waals surface area contributed by atoms with Crippen LogP contribution in [0.25, 0.3) is 0 Å². The molecule has 1 N–H and O–H groups in total. The van der Waals surface area contributed by atoms with Crippen LogP contribution in [-0.4, -0.2) is 23.8 Å². The fourth-order valence-corrected chi connectivity index (χ4v) is 2.63. The molecule has 1 aliphatic carbocycles. The molecule has 4 heteroatoms. The highest BCUT2D eigenvalue weighted by molar-refractivity contribution is 5.19. The summed E-state index contributed by atoms with van der Waals surface area (Å²) in [7, 11) is 0. The van der Waals surface area contributed by atoms with Gasteiger partial charge in [0.25, 0.3) is 0 Å². The third-order valence-electron chi connectivity index (χ3n) is 3.81. The van der Waals surface area contributed by atoms with Crippen LogP contribution in [0.3, 0.4) is 0 Å². The van der Waals surface area contributed by atoms with Crippen molar-refractivity contribution in [3.05, 3.63) is 17.0 Å². The summed E-state index contributed by atoms with van der Waals surface area (Å²) >= 11 is 0. The zero-order valence-corrected chi connectivity index (χ0v) is 11.7. The van der Waals surface area contributed by atoms with E-state index < -0.39 is 0 Å². The number of rotatable bonds is 5. The van der Waals surface area contributed by atoms with Crippen molar-refractivity contribution in [2.75, 3.05) is 6.54 Å². The summed E-state index contributed by atoms with van der Waals surface area (Å²) in [4.78, 5) is 0. The van der Waals surface area contributed by atoms with Gasteiger partial charge >= 0.3 is 0 Å². The summed E-state index contributed by atoms with van der Waals surface area (Å²) < 4.78 is 11.1. The molecule has 0 aromatic carbocycles. The first kappa shape index (κ1) is 13.6. The molecule has 1 heterocycles. The number of nitrogens with one attached hydrogen (secondary N) is 1. The molecular formula is C14H24N2O2. The summed E-state index contributed by atoms with van der Waals surface area (Å²) in [6.07, 6.45) is 5.15. The molecule has 1 aliphatic rings. The average molecular weight is 252 g/mol. The SMILES string of the molecule is CCNC1CCC(OCc2c(C)noc2C)CC1. The van der Waals surface area contributed by atoms with Gasteiger partial charge in [-0.2, -0.15) is 0 Å². The second-order valence-corrected chi connectivity index (χ2v) is 5.15. The lowest BCUT2D eigenvalue weighted by Gasteiger charge is -2.28. The lowest BCUT2D eigenvalue weighted by atomic mass is 9.93. The van der Waals surface area contributed by atoms with E-state index in [0.29, 0.717) is 18.8 Å². The van der Waals surface area contributed by atoms with Crippen molar-refractivity contribution in [1.82, 2.24) is 10.5 Å². The van der Waals surface area contributed by atoms with Crippen LogP contribution >= 0.6 is 0 Å². The first-order chi connectivity index (χ1) is 8.70.